The minimum atomic E-state index is -4.53. The molecule has 146 valence electrons. The standard InChI is InChI=1S/C17H15ClF3NO4S/c1-16(24,10-27(25,26)14-8-4-12(18)5-9-14)15(23)22-13-6-2-11(3-7-13)17(19,20)21/h2-9,24H,10H2,1H3,(H,22,23)/t16-/m1/s1. The van der Waals surface area contributed by atoms with Gasteiger partial charge in [-0.3, -0.25) is 4.79 Å². The maximum absolute atomic E-state index is 12.5. The smallest absolute Gasteiger partial charge is 0.379 e. The van der Waals surface area contributed by atoms with Crippen LogP contribution in [0.3, 0.4) is 0 Å². The van der Waals surface area contributed by atoms with Crippen LogP contribution >= 0.6 is 11.6 Å². The summed E-state index contributed by atoms with van der Waals surface area (Å²) in [6.07, 6.45) is -4.53. The van der Waals surface area contributed by atoms with Gasteiger partial charge in [-0.2, -0.15) is 13.2 Å². The Morgan fingerprint density at radius 3 is 2.07 bits per heavy atom. The number of hydrogen-bond acceptors (Lipinski definition) is 4. The molecule has 0 aliphatic rings. The average molecular weight is 422 g/mol. The summed E-state index contributed by atoms with van der Waals surface area (Å²) in [5, 5.41) is 12.8. The van der Waals surface area contributed by atoms with Crippen LogP contribution < -0.4 is 5.32 Å². The maximum atomic E-state index is 12.5. The number of carbonyl (C=O) groups is 1. The van der Waals surface area contributed by atoms with Crippen molar-refractivity contribution < 1.29 is 31.5 Å². The molecule has 0 heterocycles. The van der Waals surface area contributed by atoms with E-state index in [-0.39, 0.29) is 10.6 Å². The van der Waals surface area contributed by atoms with Crippen molar-refractivity contribution in [2.45, 2.75) is 23.6 Å². The third-order valence-corrected chi connectivity index (χ3v) is 5.79. The highest BCUT2D eigenvalue weighted by molar-refractivity contribution is 7.91. The second-order valence-corrected chi connectivity index (χ2v) is 8.44. The summed E-state index contributed by atoms with van der Waals surface area (Å²) >= 11 is 5.70. The van der Waals surface area contributed by atoms with Gasteiger partial charge < -0.3 is 10.4 Å². The van der Waals surface area contributed by atoms with Gasteiger partial charge in [-0.25, -0.2) is 8.42 Å². The van der Waals surface area contributed by atoms with Crippen molar-refractivity contribution in [1.82, 2.24) is 0 Å². The molecular weight excluding hydrogens is 407 g/mol. The number of aliphatic hydroxyl groups is 1. The minimum absolute atomic E-state index is 0.0165. The SMILES string of the molecule is C[C@@](O)(CS(=O)(=O)c1ccc(Cl)cc1)C(=O)Nc1ccc(C(F)(F)F)cc1. The van der Waals surface area contributed by atoms with E-state index in [9.17, 15) is 31.5 Å². The van der Waals surface area contributed by atoms with Crippen LogP contribution in [-0.2, 0) is 20.8 Å². The quantitative estimate of drug-likeness (QED) is 0.773. The molecule has 0 unspecified atom stereocenters. The van der Waals surface area contributed by atoms with E-state index in [1.165, 1.54) is 24.3 Å². The normalized spacial score (nSPS) is 14.4. The molecule has 10 heteroatoms. The number of carbonyl (C=O) groups excluding carboxylic acids is 1. The van der Waals surface area contributed by atoms with Crippen LogP contribution in [0.5, 0.6) is 0 Å². The first-order valence-corrected chi connectivity index (χ1v) is 9.54. The molecule has 1 atom stereocenters. The van der Waals surface area contributed by atoms with Gasteiger partial charge >= 0.3 is 6.18 Å². The summed E-state index contributed by atoms with van der Waals surface area (Å²) in [5.74, 6) is -1.99. The molecule has 0 saturated carbocycles. The molecule has 0 aromatic heterocycles. The lowest BCUT2D eigenvalue weighted by Gasteiger charge is -2.22. The van der Waals surface area contributed by atoms with Gasteiger partial charge in [0.25, 0.3) is 5.91 Å². The molecule has 0 aliphatic heterocycles. The van der Waals surface area contributed by atoms with Crippen molar-refractivity contribution in [2.24, 2.45) is 0 Å². The van der Waals surface area contributed by atoms with Crippen molar-refractivity contribution in [3.63, 3.8) is 0 Å². The van der Waals surface area contributed by atoms with Crippen molar-refractivity contribution in [3.05, 3.63) is 59.1 Å². The van der Waals surface area contributed by atoms with E-state index in [1.54, 1.807) is 0 Å². The molecular formula is C17H15ClF3NO4S. The van der Waals surface area contributed by atoms with E-state index in [2.05, 4.69) is 5.32 Å². The van der Waals surface area contributed by atoms with Gasteiger partial charge in [0.1, 0.15) is 0 Å². The number of rotatable bonds is 5. The Morgan fingerprint density at radius 2 is 1.59 bits per heavy atom. The zero-order chi connectivity index (χ0) is 20.5. The number of benzene rings is 2. The predicted octanol–water partition coefficient (Wildman–Crippen LogP) is 3.52. The molecule has 0 radical (unpaired) electrons. The molecule has 0 fully saturated rings. The molecule has 0 aliphatic carbocycles. The fraction of sp³-hybridized carbons (Fsp3) is 0.235. The zero-order valence-electron chi connectivity index (χ0n) is 13.9. The van der Waals surface area contributed by atoms with E-state index in [4.69, 9.17) is 11.6 Å². The summed E-state index contributed by atoms with van der Waals surface area (Å²) in [5.41, 5.74) is -3.24. The molecule has 0 saturated heterocycles. The minimum Gasteiger partial charge on any atom is -0.379 e. The monoisotopic (exact) mass is 421 g/mol. The summed E-state index contributed by atoms with van der Waals surface area (Å²) in [6, 6.07) is 8.71. The van der Waals surface area contributed by atoms with Gasteiger partial charge in [-0.05, 0) is 55.5 Å². The van der Waals surface area contributed by atoms with E-state index in [0.29, 0.717) is 5.02 Å². The second kappa shape index (κ2) is 7.49. The molecule has 2 aromatic rings. The number of sulfone groups is 1. The molecule has 0 spiro atoms. The van der Waals surface area contributed by atoms with Crippen molar-refractivity contribution in [3.8, 4) is 0 Å². The fourth-order valence-corrected chi connectivity index (χ4v) is 3.88. The largest absolute Gasteiger partial charge is 0.416 e. The van der Waals surface area contributed by atoms with E-state index in [0.717, 1.165) is 31.2 Å². The third kappa shape index (κ3) is 5.44. The van der Waals surface area contributed by atoms with Crippen LogP contribution in [0.1, 0.15) is 12.5 Å². The van der Waals surface area contributed by atoms with E-state index < -0.39 is 38.8 Å². The van der Waals surface area contributed by atoms with Crippen molar-refractivity contribution >= 4 is 33.0 Å². The highest BCUT2D eigenvalue weighted by Gasteiger charge is 2.37. The van der Waals surface area contributed by atoms with Crippen molar-refractivity contribution in [2.75, 3.05) is 11.1 Å². The molecule has 5 nitrogen and oxygen atoms in total. The van der Waals surface area contributed by atoms with Gasteiger partial charge in [0.15, 0.2) is 15.4 Å². The van der Waals surface area contributed by atoms with Crippen LogP contribution in [0, 0.1) is 0 Å². The lowest BCUT2D eigenvalue weighted by Crippen LogP contribution is -2.45. The van der Waals surface area contributed by atoms with Crippen LogP contribution in [0.4, 0.5) is 18.9 Å². The highest BCUT2D eigenvalue weighted by Crippen LogP contribution is 2.30. The second-order valence-electron chi connectivity index (χ2n) is 6.02. The zero-order valence-corrected chi connectivity index (χ0v) is 15.5. The summed E-state index contributed by atoms with van der Waals surface area (Å²) in [4.78, 5) is 12.1. The first kappa shape index (κ1) is 21.2. The molecule has 2 rings (SSSR count). The van der Waals surface area contributed by atoms with Gasteiger partial charge in [-0.1, -0.05) is 11.6 Å². The van der Waals surface area contributed by atoms with E-state index >= 15 is 0 Å². The molecule has 27 heavy (non-hydrogen) atoms. The Kier molecular flexibility index (Phi) is 5.88. The van der Waals surface area contributed by atoms with Crippen LogP contribution in [0.2, 0.25) is 5.02 Å². The Hall–Kier alpha value is -2.10. The van der Waals surface area contributed by atoms with Gasteiger partial charge in [0.2, 0.25) is 0 Å². The molecule has 1 amide bonds. The number of anilines is 1. The van der Waals surface area contributed by atoms with Crippen LogP contribution in [-0.4, -0.2) is 30.8 Å². The summed E-state index contributed by atoms with van der Waals surface area (Å²) in [6.45, 7) is 1.000. The summed E-state index contributed by atoms with van der Waals surface area (Å²) < 4.78 is 62.3. The lowest BCUT2D eigenvalue weighted by molar-refractivity contribution is -0.137. The Labute approximate surface area is 158 Å². The van der Waals surface area contributed by atoms with E-state index in [1.807, 2.05) is 0 Å². The number of nitrogens with one attached hydrogen (secondary N) is 1. The molecule has 0 bridgehead atoms. The molecule has 2 aromatic carbocycles. The molecule has 2 N–H and O–H groups in total. The van der Waals surface area contributed by atoms with Gasteiger partial charge in [0.05, 0.1) is 16.2 Å². The number of hydrogen-bond donors (Lipinski definition) is 2. The van der Waals surface area contributed by atoms with Crippen molar-refractivity contribution in [1.29, 1.82) is 0 Å². The number of halogens is 4. The first-order valence-electron chi connectivity index (χ1n) is 7.51. The van der Waals surface area contributed by atoms with Gasteiger partial charge in [-0.15, -0.1) is 0 Å². The number of alkyl halides is 3. The Balaban J connectivity index is 2.13. The first-order chi connectivity index (χ1) is 12.3. The average Bonchev–Trinajstić information content (AvgIpc) is 2.54. The fourth-order valence-electron chi connectivity index (χ4n) is 2.17. The Bertz CT molecular complexity index is 924. The third-order valence-electron chi connectivity index (χ3n) is 3.60. The Morgan fingerprint density at radius 1 is 1.07 bits per heavy atom. The number of amides is 1. The summed E-state index contributed by atoms with van der Waals surface area (Å²) in [7, 11) is -4.02. The topological polar surface area (TPSA) is 83.5 Å². The predicted molar refractivity (Wildman–Crippen MR) is 94.2 cm³/mol. The van der Waals surface area contributed by atoms with Gasteiger partial charge in [0, 0.05) is 10.7 Å². The maximum Gasteiger partial charge on any atom is 0.416 e. The van der Waals surface area contributed by atoms with Crippen LogP contribution in [0.15, 0.2) is 53.4 Å². The lowest BCUT2D eigenvalue weighted by atomic mass is 10.1. The van der Waals surface area contributed by atoms with Crippen LogP contribution in [0.25, 0.3) is 0 Å². The highest BCUT2D eigenvalue weighted by atomic mass is 35.5.